The molecule has 3 N–H and O–H groups in total. The highest BCUT2D eigenvalue weighted by Crippen LogP contribution is 2.18. The number of carbonyl (C=O) groups excluding carboxylic acids is 2. The van der Waals surface area contributed by atoms with Crippen molar-refractivity contribution in [3.8, 4) is 0 Å². The van der Waals surface area contributed by atoms with E-state index < -0.39 is 18.2 Å². The van der Waals surface area contributed by atoms with Gasteiger partial charge in [-0.1, -0.05) is 248 Å². The van der Waals surface area contributed by atoms with Crippen LogP contribution in [0.1, 0.15) is 290 Å². The standard InChI is InChI=1S/C61H111NO5/c1-4-7-10-13-16-19-22-25-28-30-32-34-37-40-43-46-49-52-57(67-61(66)54-51-48-45-42-39-36-27-24-21-18-15-12-9-6-3)55-60(65)62-58(56-63)59(64)53-50-47-44-41-38-35-33-31-29-26-23-20-17-14-11-8-5-2/h9,12,16,18-19,21,25,28,32,34,57-59,63-64H,4-8,10-11,13-15,17,20,22-24,26-27,29-31,33,35-56H2,1-3H3,(H,62,65)/b12-9+,19-16-,21-18+,28-25-,34-32-. The van der Waals surface area contributed by atoms with Crippen LogP contribution in [0, 0.1) is 0 Å². The summed E-state index contributed by atoms with van der Waals surface area (Å²) in [6.07, 6.45) is 68.5. The van der Waals surface area contributed by atoms with Crippen molar-refractivity contribution in [2.24, 2.45) is 0 Å². The first kappa shape index (κ1) is 64.6. The van der Waals surface area contributed by atoms with Crippen molar-refractivity contribution in [1.29, 1.82) is 0 Å². The van der Waals surface area contributed by atoms with Crippen molar-refractivity contribution in [3.63, 3.8) is 0 Å². The molecule has 0 aliphatic rings. The number of aliphatic hydroxyl groups is 2. The largest absolute Gasteiger partial charge is 0.462 e. The van der Waals surface area contributed by atoms with Crippen LogP contribution in [0.4, 0.5) is 0 Å². The highest BCUT2D eigenvalue weighted by molar-refractivity contribution is 5.77. The van der Waals surface area contributed by atoms with Crippen molar-refractivity contribution < 1.29 is 24.5 Å². The maximum atomic E-state index is 13.3. The second kappa shape index (κ2) is 54.5. The van der Waals surface area contributed by atoms with Crippen molar-refractivity contribution in [2.75, 3.05) is 6.61 Å². The Bertz CT molecular complexity index is 1190. The fraction of sp³-hybridized carbons (Fsp3) is 0.803. The van der Waals surface area contributed by atoms with Crippen molar-refractivity contribution in [1.82, 2.24) is 5.32 Å². The molecule has 0 bridgehead atoms. The smallest absolute Gasteiger partial charge is 0.306 e. The van der Waals surface area contributed by atoms with Crippen LogP contribution in [0.15, 0.2) is 60.8 Å². The number of hydrogen-bond donors (Lipinski definition) is 3. The van der Waals surface area contributed by atoms with E-state index in [-0.39, 0.29) is 24.9 Å². The van der Waals surface area contributed by atoms with Gasteiger partial charge in [-0.05, 0) is 89.9 Å². The molecule has 0 aromatic carbocycles. The molecule has 3 atom stereocenters. The quantitative estimate of drug-likeness (QED) is 0.0321. The fourth-order valence-electron chi connectivity index (χ4n) is 8.71. The van der Waals surface area contributed by atoms with Crippen LogP contribution in [0.3, 0.4) is 0 Å². The Morgan fingerprint density at radius 1 is 0.448 bits per heavy atom. The molecule has 0 heterocycles. The molecular weight excluding hydrogens is 827 g/mol. The van der Waals surface area contributed by atoms with Crippen LogP contribution >= 0.6 is 0 Å². The lowest BCUT2D eigenvalue weighted by Gasteiger charge is -2.24. The Morgan fingerprint density at radius 2 is 0.806 bits per heavy atom. The zero-order valence-electron chi connectivity index (χ0n) is 44.5. The van der Waals surface area contributed by atoms with Crippen molar-refractivity contribution in [3.05, 3.63) is 60.8 Å². The van der Waals surface area contributed by atoms with Gasteiger partial charge in [-0.15, -0.1) is 0 Å². The summed E-state index contributed by atoms with van der Waals surface area (Å²) in [5, 5.41) is 23.9. The Labute approximate surface area is 416 Å². The predicted octanol–water partition coefficient (Wildman–Crippen LogP) is 18.0. The third-order valence-corrected chi connectivity index (χ3v) is 13.1. The summed E-state index contributed by atoms with van der Waals surface area (Å²) in [6.45, 7) is 6.37. The average molecular weight is 939 g/mol. The van der Waals surface area contributed by atoms with E-state index in [9.17, 15) is 19.8 Å². The van der Waals surface area contributed by atoms with Gasteiger partial charge in [-0.2, -0.15) is 0 Å². The third-order valence-electron chi connectivity index (χ3n) is 13.1. The number of nitrogens with one attached hydrogen (secondary N) is 1. The highest BCUT2D eigenvalue weighted by atomic mass is 16.5. The molecule has 0 saturated heterocycles. The Kier molecular flexibility index (Phi) is 52.5. The minimum absolute atomic E-state index is 0.0591. The van der Waals surface area contributed by atoms with E-state index in [1.165, 1.54) is 141 Å². The van der Waals surface area contributed by atoms with E-state index in [1.54, 1.807) is 0 Å². The molecule has 0 spiro atoms. The van der Waals surface area contributed by atoms with E-state index in [4.69, 9.17) is 4.74 Å². The van der Waals surface area contributed by atoms with E-state index in [0.29, 0.717) is 19.3 Å². The van der Waals surface area contributed by atoms with Gasteiger partial charge in [0.2, 0.25) is 5.91 Å². The van der Waals surface area contributed by atoms with E-state index in [1.807, 2.05) is 0 Å². The SMILES string of the molecule is CC/C=C/C/C=C/CCCCCCCCCC(=O)OC(CCCCCC/C=C\C/C=C\C/C=C\CCCCC)CC(=O)NC(CO)C(O)CCCCCCCCCCCCCCCCCCC. The molecular formula is C61H111NO5. The number of rotatable bonds is 52. The van der Waals surface area contributed by atoms with Gasteiger partial charge in [0.1, 0.15) is 6.10 Å². The monoisotopic (exact) mass is 938 g/mol. The molecule has 67 heavy (non-hydrogen) atoms. The summed E-state index contributed by atoms with van der Waals surface area (Å²) in [4.78, 5) is 26.3. The van der Waals surface area contributed by atoms with Crippen LogP contribution in [-0.2, 0) is 14.3 Å². The molecule has 6 nitrogen and oxygen atoms in total. The number of unbranched alkanes of at least 4 members (excludes halogenated alkanes) is 30. The van der Waals surface area contributed by atoms with E-state index in [0.717, 1.165) is 103 Å². The molecule has 0 rings (SSSR count). The summed E-state index contributed by atoms with van der Waals surface area (Å²) in [5.41, 5.74) is 0. The normalized spacial score (nSPS) is 13.6. The van der Waals surface area contributed by atoms with Crippen LogP contribution in [0.5, 0.6) is 0 Å². The number of carbonyl (C=O) groups is 2. The first-order chi connectivity index (χ1) is 33.0. The Morgan fingerprint density at radius 3 is 1.25 bits per heavy atom. The highest BCUT2D eigenvalue weighted by Gasteiger charge is 2.24. The van der Waals surface area contributed by atoms with Gasteiger partial charge in [-0.3, -0.25) is 9.59 Å². The first-order valence-electron chi connectivity index (χ1n) is 29.0. The number of ether oxygens (including phenoxy) is 1. The van der Waals surface area contributed by atoms with Gasteiger partial charge < -0.3 is 20.3 Å². The van der Waals surface area contributed by atoms with Gasteiger partial charge in [-0.25, -0.2) is 0 Å². The molecule has 6 heteroatoms. The number of amides is 1. The zero-order valence-corrected chi connectivity index (χ0v) is 44.5. The third kappa shape index (κ3) is 49.8. The molecule has 0 radical (unpaired) electrons. The van der Waals surface area contributed by atoms with Gasteiger partial charge in [0.25, 0.3) is 0 Å². The summed E-state index contributed by atoms with van der Waals surface area (Å²) in [7, 11) is 0. The summed E-state index contributed by atoms with van der Waals surface area (Å²) < 4.78 is 5.95. The number of esters is 1. The van der Waals surface area contributed by atoms with Gasteiger partial charge >= 0.3 is 5.97 Å². The fourth-order valence-corrected chi connectivity index (χ4v) is 8.71. The summed E-state index contributed by atoms with van der Waals surface area (Å²) in [6, 6.07) is -0.713. The van der Waals surface area contributed by atoms with Crippen LogP contribution in [0.25, 0.3) is 0 Å². The van der Waals surface area contributed by atoms with Crippen molar-refractivity contribution in [2.45, 2.75) is 309 Å². The minimum atomic E-state index is -0.798. The second-order valence-electron chi connectivity index (χ2n) is 19.7. The average Bonchev–Trinajstić information content (AvgIpc) is 3.32. The summed E-state index contributed by atoms with van der Waals surface area (Å²) >= 11 is 0. The molecule has 3 unspecified atom stereocenters. The van der Waals surface area contributed by atoms with Gasteiger partial charge in [0.15, 0.2) is 0 Å². The van der Waals surface area contributed by atoms with Crippen LogP contribution in [0.2, 0.25) is 0 Å². The van der Waals surface area contributed by atoms with E-state index in [2.05, 4.69) is 86.8 Å². The molecule has 0 aliphatic heterocycles. The predicted molar refractivity (Wildman–Crippen MR) is 292 cm³/mol. The summed E-state index contributed by atoms with van der Waals surface area (Å²) in [5.74, 6) is -0.498. The minimum Gasteiger partial charge on any atom is -0.462 e. The lowest BCUT2D eigenvalue weighted by molar-refractivity contribution is -0.151. The molecule has 1 amide bonds. The van der Waals surface area contributed by atoms with E-state index >= 15 is 0 Å². The lowest BCUT2D eigenvalue weighted by atomic mass is 10.0. The van der Waals surface area contributed by atoms with Gasteiger partial charge in [0, 0.05) is 6.42 Å². The number of aliphatic hydroxyl groups excluding tert-OH is 2. The second-order valence-corrected chi connectivity index (χ2v) is 19.7. The topological polar surface area (TPSA) is 95.9 Å². The van der Waals surface area contributed by atoms with Crippen LogP contribution in [-0.4, -0.2) is 46.9 Å². The molecule has 0 aromatic heterocycles. The Balaban J connectivity index is 4.58. The maximum absolute atomic E-state index is 13.3. The number of allylic oxidation sites excluding steroid dienone is 10. The molecule has 390 valence electrons. The lowest BCUT2D eigenvalue weighted by Crippen LogP contribution is -2.46. The zero-order chi connectivity index (χ0) is 48.8. The molecule has 0 aromatic rings. The molecule has 0 fully saturated rings. The first-order valence-corrected chi connectivity index (χ1v) is 29.0. The van der Waals surface area contributed by atoms with Crippen LogP contribution < -0.4 is 5.32 Å². The molecule has 0 saturated carbocycles. The van der Waals surface area contributed by atoms with Gasteiger partial charge in [0.05, 0.1) is 25.2 Å². The number of hydrogen-bond acceptors (Lipinski definition) is 5. The molecule has 0 aliphatic carbocycles. The maximum Gasteiger partial charge on any atom is 0.306 e. The van der Waals surface area contributed by atoms with Crippen molar-refractivity contribution >= 4 is 11.9 Å². The Hall–Kier alpha value is -2.44.